The first-order chi connectivity index (χ1) is 14.8. The van der Waals surface area contributed by atoms with Gasteiger partial charge >= 0.3 is 0 Å². The molecule has 0 aliphatic heterocycles. The number of carbonyl (C=O) groups excluding carboxylic acids is 1. The average Bonchev–Trinajstić information content (AvgIpc) is 3.34. The number of nitrogens with zero attached hydrogens (tertiary/aromatic N) is 5. The Labute approximate surface area is 172 Å². The summed E-state index contributed by atoms with van der Waals surface area (Å²) >= 11 is 0. The fraction of sp³-hybridized carbons (Fsp3) is 0. The van der Waals surface area contributed by atoms with Crippen LogP contribution in [0.25, 0.3) is 27.8 Å². The van der Waals surface area contributed by atoms with Gasteiger partial charge in [-0.3, -0.25) is 9.78 Å². The molecule has 0 atom stereocenters. The summed E-state index contributed by atoms with van der Waals surface area (Å²) in [6, 6.07) is 20.6. The normalized spacial score (nSPS) is 10.8. The van der Waals surface area contributed by atoms with Crippen molar-refractivity contribution in [2.45, 2.75) is 0 Å². The lowest BCUT2D eigenvalue weighted by molar-refractivity contribution is 0.102. The van der Waals surface area contributed by atoms with Gasteiger partial charge in [0.1, 0.15) is 12.7 Å². The summed E-state index contributed by atoms with van der Waals surface area (Å²) in [5, 5.41) is 7.88. The molecule has 3 aromatic heterocycles. The molecule has 144 valence electrons. The average molecular weight is 392 g/mol. The maximum absolute atomic E-state index is 13.1. The topological polar surface area (TPSA) is 85.6 Å². The van der Waals surface area contributed by atoms with Gasteiger partial charge in [0, 0.05) is 29.0 Å². The lowest BCUT2D eigenvalue weighted by Gasteiger charge is -2.11. The number of hydrogen-bond donors (Lipinski definition) is 1. The van der Waals surface area contributed by atoms with Crippen molar-refractivity contribution in [3.05, 3.63) is 97.3 Å². The van der Waals surface area contributed by atoms with E-state index in [4.69, 9.17) is 4.98 Å². The van der Waals surface area contributed by atoms with Gasteiger partial charge in [0.15, 0.2) is 0 Å². The van der Waals surface area contributed by atoms with Gasteiger partial charge in [0.05, 0.1) is 22.5 Å². The Kier molecular flexibility index (Phi) is 4.46. The van der Waals surface area contributed by atoms with Crippen LogP contribution in [-0.4, -0.2) is 30.6 Å². The van der Waals surface area contributed by atoms with E-state index in [0.717, 1.165) is 27.8 Å². The number of hydrogen-bond acceptors (Lipinski definition) is 5. The number of aromatic nitrogens is 5. The fourth-order valence-electron chi connectivity index (χ4n) is 3.27. The van der Waals surface area contributed by atoms with Crippen LogP contribution in [0.3, 0.4) is 0 Å². The van der Waals surface area contributed by atoms with E-state index in [1.165, 1.54) is 6.33 Å². The highest BCUT2D eigenvalue weighted by Crippen LogP contribution is 2.25. The molecule has 30 heavy (non-hydrogen) atoms. The molecule has 0 aliphatic rings. The summed E-state index contributed by atoms with van der Waals surface area (Å²) < 4.78 is 1.66. The monoisotopic (exact) mass is 392 g/mol. The fourth-order valence-corrected chi connectivity index (χ4v) is 3.27. The molecule has 2 aromatic carbocycles. The molecule has 0 fully saturated rings. The van der Waals surface area contributed by atoms with Crippen LogP contribution in [0.1, 0.15) is 10.4 Å². The molecule has 1 amide bonds. The second-order valence-corrected chi connectivity index (χ2v) is 6.65. The molecule has 0 aliphatic carbocycles. The minimum atomic E-state index is -0.197. The number of carbonyl (C=O) groups is 1. The maximum Gasteiger partial charge on any atom is 0.256 e. The lowest BCUT2D eigenvalue weighted by Crippen LogP contribution is -2.13. The number of anilines is 1. The number of para-hydroxylation sites is 1. The zero-order valence-electron chi connectivity index (χ0n) is 15.8. The zero-order valence-corrected chi connectivity index (χ0v) is 15.8. The number of nitrogens with one attached hydrogen (secondary N) is 1. The maximum atomic E-state index is 13.1. The summed E-state index contributed by atoms with van der Waals surface area (Å²) in [7, 11) is 0. The largest absolute Gasteiger partial charge is 0.322 e. The summed E-state index contributed by atoms with van der Waals surface area (Å²) in [5.41, 5.74) is 4.51. The van der Waals surface area contributed by atoms with Gasteiger partial charge in [0.2, 0.25) is 0 Å². The van der Waals surface area contributed by atoms with E-state index in [-0.39, 0.29) is 5.91 Å². The molecular weight excluding hydrogens is 376 g/mol. The van der Waals surface area contributed by atoms with Gasteiger partial charge in [0.25, 0.3) is 5.91 Å². The molecule has 7 heteroatoms. The molecule has 0 bridgehead atoms. The van der Waals surface area contributed by atoms with Gasteiger partial charge in [-0.2, -0.15) is 5.10 Å². The van der Waals surface area contributed by atoms with Crippen LogP contribution in [0.2, 0.25) is 0 Å². The molecular formula is C23H16N6O. The van der Waals surface area contributed by atoms with E-state index < -0.39 is 0 Å². The second-order valence-electron chi connectivity index (χ2n) is 6.65. The van der Waals surface area contributed by atoms with E-state index in [1.807, 2.05) is 66.7 Å². The molecule has 3 heterocycles. The van der Waals surface area contributed by atoms with Crippen LogP contribution >= 0.6 is 0 Å². The van der Waals surface area contributed by atoms with E-state index in [2.05, 4.69) is 20.4 Å². The van der Waals surface area contributed by atoms with Crippen LogP contribution in [0.15, 0.2) is 91.8 Å². The van der Waals surface area contributed by atoms with E-state index >= 15 is 0 Å². The van der Waals surface area contributed by atoms with Crippen molar-refractivity contribution in [1.82, 2.24) is 24.7 Å². The Hall–Kier alpha value is -4.39. The van der Waals surface area contributed by atoms with Crippen LogP contribution in [0.4, 0.5) is 5.69 Å². The highest BCUT2D eigenvalue weighted by molar-refractivity contribution is 6.13. The van der Waals surface area contributed by atoms with Gasteiger partial charge in [-0.1, -0.05) is 18.2 Å². The second kappa shape index (κ2) is 7.56. The molecule has 7 nitrogen and oxygen atoms in total. The standard InChI is InChI=1S/C23H16N6O/c30-23(27-17-5-7-18(8-6-17)29-15-25-14-26-29)20-13-22(16-9-11-24-12-10-16)28-21-4-2-1-3-19(20)21/h1-15H,(H,27,30). The molecule has 0 unspecified atom stereocenters. The Bertz CT molecular complexity index is 1320. The first-order valence-electron chi connectivity index (χ1n) is 9.34. The molecule has 0 radical (unpaired) electrons. The molecule has 0 saturated carbocycles. The molecule has 5 rings (SSSR count). The van der Waals surface area contributed by atoms with Gasteiger partial charge in [-0.05, 0) is 48.5 Å². The van der Waals surface area contributed by atoms with Gasteiger partial charge < -0.3 is 5.32 Å². The first kappa shape index (κ1) is 17.7. The van der Waals surface area contributed by atoms with E-state index in [9.17, 15) is 4.79 Å². The van der Waals surface area contributed by atoms with Crippen LogP contribution in [0, 0.1) is 0 Å². The summed E-state index contributed by atoms with van der Waals surface area (Å²) in [6.45, 7) is 0. The van der Waals surface area contributed by atoms with Crippen molar-refractivity contribution in [2.75, 3.05) is 5.32 Å². The number of fused-ring (bicyclic) bond motifs is 1. The Balaban J connectivity index is 1.49. The van der Waals surface area contributed by atoms with E-state index in [1.54, 1.807) is 23.4 Å². The minimum absolute atomic E-state index is 0.197. The highest BCUT2D eigenvalue weighted by atomic mass is 16.1. The SMILES string of the molecule is O=C(Nc1ccc(-n2cncn2)cc1)c1cc(-c2ccncc2)nc2ccccc12. The summed E-state index contributed by atoms with van der Waals surface area (Å²) in [6.07, 6.45) is 6.52. The predicted octanol–water partition coefficient (Wildman–Crippen LogP) is 4.13. The van der Waals surface area contributed by atoms with Crippen molar-refractivity contribution in [1.29, 1.82) is 0 Å². The number of benzene rings is 2. The molecule has 0 spiro atoms. The van der Waals surface area contributed by atoms with Gasteiger partial charge in [-0.25, -0.2) is 14.6 Å². The van der Waals surface area contributed by atoms with Crippen molar-refractivity contribution in [2.24, 2.45) is 0 Å². The summed E-state index contributed by atoms with van der Waals surface area (Å²) in [5.74, 6) is -0.197. The Morgan fingerprint density at radius 3 is 2.47 bits per heavy atom. The first-order valence-corrected chi connectivity index (χ1v) is 9.34. The Morgan fingerprint density at radius 1 is 0.900 bits per heavy atom. The number of rotatable bonds is 4. The Morgan fingerprint density at radius 2 is 1.70 bits per heavy atom. The van der Waals surface area contributed by atoms with Crippen LogP contribution < -0.4 is 5.32 Å². The third-order valence-corrected chi connectivity index (χ3v) is 4.75. The highest BCUT2D eigenvalue weighted by Gasteiger charge is 2.14. The number of pyridine rings is 2. The van der Waals surface area contributed by atoms with E-state index in [0.29, 0.717) is 11.3 Å². The smallest absolute Gasteiger partial charge is 0.256 e. The molecule has 1 N–H and O–H groups in total. The lowest BCUT2D eigenvalue weighted by atomic mass is 10.0. The van der Waals surface area contributed by atoms with Gasteiger partial charge in [-0.15, -0.1) is 0 Å². The molecule has 5 aromatic rings. The minimum Gasteiger partial charge on any atom is -0.322 e. The van der Waals surface area contributed by atoms with Crippen molar-refractivity contribution in [3.8, 4) is 16.9 Å². The predicted molar refractivity (Wildman–Crippen MR) is 114 cm³/mol. The van der Waals surface area contributed by atoms with Crippen molar-refractivity contribution >= 4 is 22.5 Å². The quantitative estimate of drug-likeness (QED) is 0.497. The van der Waals surface area contributed by atoms with Crippen LogP contribution in [-0.2, 0) is 0 Å². The number of amides is 1. The summed E-state index contributed by atoms with van der Waals surface area (Å²) in [4.78, 5) is 25.9. The molecule has 0 saturated heterocycles. The third-order valence-electron chi connectivity index (χ3n) is 4.75. The van der Waals surface area contributed by atoms with Crippen molar-refractivity contribution < 1.29 is 4.79 Å². The van der Waals surface area contributed by atoms with Crippen LogP contribution in [0.5, 0.6) is 0 Å². The third kappa shape index (κ3) is 3.40. The van der Waals surface area contributed by atoms with Crippen molar-refractivity contribution in [3.63, 3.8) is 0 Å². The zero-order chi connectivity index (χ0) is 20.3.